The van der Waals surface area contributed by atoms with Crippen LogP contribution in [0.25, 0.3) is 0 Å². The van der Waals surface area contributed by atoms with E-state index < -0.39 is 0 Å². The Hall–Kier alpha value is -1.09. The van der Waals surface area contributed by atoms with Crippen molar-refractivity contribution in [1.82, 2.24) is 10.2 Å². The molecule has 1 heterocycles. The average Bonchev–Trinajstić information content (AvgIpc) is 2.60. The second-order valence-corrected chi connectivity index (χ2v) is 5.78. The van der Waals surface area contributed by atoms with Gasteiger partial charge in [0, 0.05) is 26.2 Å². The second-order valence-electron chi connectivity index (χ2n) is 5.78. The molecule has 0 atom stereocenters. The molecule has 1 saturated heterocycles. The van der Waals surface area contributed by atoms with Crippen molar-refractivity contribution in [3.05, 3.63) is 29.6 Å². The molecule has 2 rings (SSSR count). The first-order valence-electron chi connectivity index (χ1n) is 8.65. The fourth-order valence-corrected chi connectivity index (χ4v) is 2.87. The third-order valence-corrected chi connectivity index (χ3v) is 4.11. The third kappa shape index (κ3) is 6.62. The lowest BCUT2D eigenvalue weighted by molar-refractivity contribution is 0.0263. The van der Waals surface area contributed by atoms with Crippen LogP contribution in [0.3, 0.4) is 0 Å². The Kier molecular flexibility index (Phi) is 10.1. The number of methoxy groups -OCH3 is 1. The van der Waals surface area contributed by atoms with E-state index in [2.05, 4.69) is 22.1 Å². The molecule has 0 spiro atoms. The fourth-order valence-electron chi connectivity index (χ4n) is 2.87. The van der Waals surface area contributed by atoms with Gasteiger partial charge < -0.3 is 19.7 Å². The zero-order chi connectivity index (χ0) is 17.4. The smallest absolute Gasteiger partial charge is 0.194 e. The van der Waals surface area contributed by atoms with Crippen molar-refractivity contribution >= 4 is 29.9 Å². The molecular weight excluding hydrogens is 436 g/mol. The van der Waals surface area contributed by atoms with Gasteiger partial charge in [-0.25, -0.2) is 9.38 Å². The highest BCUT2D eigenvalue weighted by Crippen LogP contribution is 2.18. The van der Waals surface area contributed by atoms with E-state index in [4.69, 9.17) is 9.47 Å². The molecule has 25 heavy (non-hydrogen) atoms. The first-order chi connectivity index (χ1) is 11.7. The Balaban J connectivity index is 0.00000312. The van der Waals surface area contributed by atoms with Gasteiger partial charge in [-0.1, -0.05) is 6.07 Å². The van der Waals surface area contributed by atoms with Crippen LogP contribution in [-0.2, 0) is 11.3 Å². The van der Waals surface area contributed by atoms with Crippen LogP contribution in [0.2, 0.25) is 0 Å². The summed E-state index contributed by atoms with van der Waals surface area (Å²) in [5.74, 6) is 0.782. The van der Waals surface area contributed by atoms with E-state index in [0.717, 1.165) is 50.6 Å². The number of nitrogens with one attached hydrogen (secondary N) is 1. The van der Waals surface area contributed by atoms with Crippen LogP contribution in [0.4, 0.5) is 4.39 Å². The molecule has 1 fully saturated rings. The van der Waals surface area contributed by atoms with Crippen molar-refractivity contribution in [2.75, 3.05) is 33.4 Å². The molecular formula is C18H29FIN3O2. The van der Waals surface area contributed by atoms with Gasteiger partial charge in [-0.2, -0.15) is 0 Å². The molecule has 1 aliphatic heterocycles. The number of likely N-dealkylation sites (tertiary alicyclic amines) is 1. The molecule has 1 aromatic rings. The van der Waals surface area contributed by atoms with Crippen LogP contribution >= 0.6 is 24.0 Å². The molecule has 0 radical (unpaired) electrons. The number of hydrogen-bond donors (Lipinski definition) is 1. The van der Waals surface area contributed by atoms with Crippen molar-refractivity contribution in [3.63, 3.8) is 0 Å². The molecule has 1 aliphatic rings. The Labute approximate surface area is 167 Å². The highest BCUT2D eigenvalue weighted by molar-refractivity contribution is 14.0. The van der Waals surface area contributed by atoms with Gasteiger partial charge in [0.15, 0.2) is 17.5 Å². The molecule has 7 heteroatoms. The van der Waals surface area contributed by atoms with E-state index in [-0.39, 0.29) is 35.5 Å². The molecule has 1 N–H and O–H groups in total. The standard InChI is InChI=1S/C18H28FN3O2.HI/c1-4-20-18(22-10-8-15(9-11-22)24-5-2)21-13-14-6-7-17(23-3)16(19)12-14;/h6-7,12,15H,4-5,8-11,13H2,1-3H3,(H,20,21);1H. The maximum Gasteiger partial charge on any atom is 0.194 e. The normalized spacial score (nSPS) is 15.7. The minimum Gasteiger partial charge on any atom is -0.494 e. The van der Waals surface area contributed by atoms with E-state index >= 15 is 0 Å². The van der Waals surface area contributed by atoms with E-state index in [1.807, 2.05) is 13.0 Å². The van der Waals surface area contributed by atoms with Crippen molar-refractivity contribution in [2.45, 2.75) is 39.3 Å². The summed E-state index contributed by atoms with van der Waals surface area (Å²) in [6.45, 7) is 7.94. The summed E-state index contributed by atoms with van der Waals surface area (Å²) in [5.41, 5.74) is 0.827. The predicted molar refractivity (Wildman–Crippen MR) is 109 cm³/mol. The van der Waals surface area contributed by atoms with E-state index in [1.165, 1.54) is 13.2 Å². The molecule has 0 unspecified atom stereocenters. The summed E-state index contributed by atoms with van der Waals surface area (Å²) >= 11 is 0. The molecule has 0 amide bonds. The summed E-state index contributed by atoms with van der Waals surface area (Å²) in [7, 11) is 1.46. The maximum atomic E-state index is 13.8. The Bertz CT molecular complexity index is 549. The molecule has 1 aromatic carbocycles. The molecule has 142 valence electrons. The number of benzene rings is 1. The molecule has 0 aliphatic carbocycles. The molecule has 0 saturated carbocycles. The Morgan fingerprint density at radius 2 is 2.04 bits per heavy atom. The lowest BCUT2D eigenvalue weighted by atomic mass is 10.1. The van der Waals surface area contributed by atoms with Crippen LogP contribution in [0, 0.1) is 5.82 Å². The zero-order valence-corrected chi connectivity index (χ0v) is 17.6. The summed E-state index contributed by atoms with van der Waals surface area (Å²) < 4.78 is 24.4. The van der Waals surface area contributed by atoms with Gasteiger partial charge in [0.05, 0.1) is 19.8 Å². The van der Waals surface area contributed by atoms with Crippen LogP contribution in [-0.4, -0.2) is 50.3 Å². The first-order valence-corrected chi connectivity index (χ1v) is 8.65. The number of hydrogen-bond acceptors (Lipinski definition) is 3. The minimum atomic E-state index is -0.354. The predicted octanol–water partition coefficient (Wildman–Crippen LogP) is 3.42. The van der Waals surface area contributed by atoms with E-state index in [9.17, 15) is 4.39 Å². The number of nitrogens with zero attached hydrogens (tertiary/aromatic N) is 2. The molecule has 5 nitrogen and oxygen atoms in total. The number of aliphatic imine (C=N–C) groups is 1. The van der Waals surface area contributed by atoms with Gasteiger partial charge in [0.25, 0.3) is 0 Å². The minimum absolute atomic E-state index is 0. The van der Waals surface area contributed by atoms with Gasteiger partial charge in [0.1, 0.15) is 0 Å². The summed E-state index contributed by atoms with van der Waals surface area (Å²) in [5, 5.41) is 3.32. The van der Waals surface area contributed by atoms with E-state index in [0.29, 0.717) is 12.6 Å². The van der Waals surface area contributed by atoms with Gasteiger partial charge >= 0.3 is 0 Å². The van der Waals surface area contributed by atoms with Crippen molar-refractivity contribution in [2.24, 2.45) is 4.99 Å². The van der Waals surface area contributed by atoms with Crippen LogP contribution in [0.15, 0.2) is 23.2 Å². The zero-order valence-electron chi connectivity index (χ0n) is 15.3. The number of rotatable bonds is 6. The average molecular weight is 465 g/mol. The lowest BCUT2D eigenvalue weighted by Gasteiger charge is -2.34. The van der Waals surface area contributed by atoms with Gasteiger partial charge in [-0.05, 0) is 44.4 Å². The lowest BCUT2D eigenvalue weighted by Crippen LogP contribution is -2.47. The number of piperidine rings is 1. The van der Waals surface area contributed by atoms with Crippen LogP contribution in [0.1, 0.15) is 32.3 Å². The highest BCUT2D eigenvalue weighted by atomic mass is 127. The Morgan fingerprint density at radius 3 is 2.60 bits per heavy atom. The summed E-state index contributed by atoms with van der Waals surface area (Å²) in [6.07, 6.45) is 2.37. The Morgan fingerprint density at radius 1 is 1.32 bits per heavy atom. The number of guanidine groups is 1. The SMILES string of the molecule is CCNC(=NCc1ccc(OC)c(F)c1)N1CCC(OCC)CC1.I. The summed E-state index contributed by atoms with van der Waals surface area (Å²) in [4.78, 5) is 6.91. The van der Waals surface area contributed by atoms with Crippen LogP contribution in [0.5, 0.6) is 5.75 Å². The van der Waals surface area contributed by atoms with Crippen molar-refractivity contribution in [1.29, 1.82) is 0 Å². The van der Waals surface area contributed by atoms with Crippen LogP contribution < -0.4 is 10.1 Å². The van der Waals surface area contributed by atoms with Crippen molar-refractivity contribution < 1.29 is 13.9 Å². The van der Waals surface area contributed by atoms with Gasteiger partial charge in [-0.3, -0.25) is 0 Å². The third-order valence-electron chi connectivity index (χ3n) is 4.11. The fraction of sp³-hybridized carbons (Fsp3) is 0.611. The quantitative estimate of drug-likeness (QED) is 0.398. The summed E-state index contributed by atoms with van der Waals surface area (Å²) in [6, 6.07) is 4.96. The van der Waals surface area contributed by atoms with E-state index in [1.54, 1.807) is 6.07 Å². The first kappa shape index (κ1) is 22.0. The highest BCUT2D eigenvalue weighted by Gasteiger charge is 2.21. The van der Waals surface area contributed by atoms with Crippen molar-refractivity contribution in [3.8, 4) is 5.75 Å². The largest absolute Gasteiger partial charge is 0.494 e. The topological polar surface area (TPSA) is 46.1 Å². The maximum absolute atomic E-state index is 13.8. The number of halogens is 2. The molecule has 0 aromatic heterocycles. The van der Waals surface area contributed by atoms with Gasteiger partial charge in [-0.15, -0.1) is 24.0 Å². The second kappa shape index (κ2) is 11.5. The monoisotopic (exact) mass is 465 g/mol. The molecule has 0 bridgehead atoms. The number of ether oxygens (including phenoxy) is 2. The van der Waals surface area contributed by atoms with Gasteiger partial charge in [0.2, 0.25) is 0 Å².